The number of aliphatic carboxylic acids is 1. The Morgan fingerprint density at radius 2 is 1.33 bits per heavy atom. The predicted molar refractivity (Wildman–Crippen MR) is 94.9 cm³/mol. The maximum absolute atomic E-state index is 13.1. The second-order valence-corrected chi connectivity index (χ2v) is 7.78. The van der Waals surface area contributed by atoms with E-state index in [0.29, 0.717) is 12.1 Å². The molecule has 0 aromatic heterocycles. The van der Waals surface area contributed by atoms with E-state index in [0.717, 1.165) is 25.7 Å². The summed E-state index contributed by atoms with van der Waals surface area (Å²) in [4.78, 5) is 28.2. The molecule has 0 radical (unpaired) electrons. The summed E-state index contributed by atoms with van der Waals surface area (Å²) >= 11 is 0. The molecule has 24 heavy (non-hydrogen) atoms. The highest BCUT2D eigenvalue weighted by atomic mass is 16.4. The molecule has 0 saturated heterocycles. The van der Waals surface area contributed by atoms with Crippen LogP contribution in [0.4, 0.5) is 0 Å². The van der Waals surface area contributed by atoms with Crippen LogP contribution in [-0.2, 0) is 9.59 Å². The Hall–Kier alpha value is -1.10. The Morgan fingerprint density at radius 3 is 1.71 bits per heavy atom. The minimum absolute atomic E-state index is 0.0598. The first kappa shape index (κ1) is 19.2. The zero-order chi connectivity index (χ0) is 17.5. The predicted octanol–water partition coefficient (Wildman–Crippen LogP) is 3.28. The molecule has 0 spiro atoms. The third-order valence-corrected chi connectivity index (χ3v) is 5.63. The fourth-order valence-electron chi connectivity index (χ4n) is 4.27. The van der Waals surface area contributed by atoms with Gasteiger partial charge in [-0.2, -0.15) is 0 Å². The van der Waals surface area contributed by atoms with Crippen molar-refractivity contribution in [2.45, 2.75) is 96.2 Å². The third kappa shape index (κ3) is 5.47. The number of nitrogens with zero attached hydrogens (tertiary/aromatic N) is 2. The lowest BCUT2D eigenvalue weighted by atomic mass is 9.88. The lowest BCUT2D eigenvalue weighted by Crippen LogP contribution is -2.53. The molecule has 2 aliphatic rings. The van der Waals surface area contributed by atoms with Crippen molar-refractivity contribution in [3.63, 3.8) is 0 Å². The molecular weight excluding hydrogens is 304 g/mol. The van der Waals surface area contributed by atoms with Crippen LogP contribution in [0.2, 0.25) is 0 Å². The summed E-state index contributed by atoms with van der Waals surface area (Å²) < 4.78 is 0. The number of carboxylic acid groups (broad SMARTS) is 1. The van der Waals surface area contributed by atoms with Gasteiger partial charge in [-0.05, 0) is 39.5 Å². The molecule has 5 heteroatoms. The van der Waals surface area contributed by atoms with Crippen LogP contribution in [0.25, 0.3) is 0 Å². The zero-order valence-corrected chi connectivity index (χ0v) is 15.4. The molecule has 0 aromatic carbocycles. The van der Waals surface area contributed by atoms with Crippen molar-refractivity contribution in [3.05, 3.63) is 0 Å². The van der Waals surface area contributed by atoms with Gasteiger partial charge in [0.15, 0.2) is 0 Å². The molecule has 0 aromatic rings. The Labute approximate surface area is 146 Å². The lowest BCUT2D eigenvalue weighted by molar-refractivity contribution is -0.143. The minimum atomic E-state index is -0.863. The monoisotopic (exact) mass is 338 g/mol. The second-order valence-electron chi connectivity index (χ2n) is 7.78. The van der Waals surface area contributed by atoms with Crippen molar-refractivity contribution >= 4 is 11.9 Å². The van der Waals surface area contributed by atoms with Crippen LogP contribution in [0.3, 0.4) is 0 Å². The van der Waals surface area contributed by atoms with Crippen molar-refractivity contribution in [2.24, 2.45) is 0 Å². The van der Waals surface area contributed by atoms with Gasteiger partial charge in [-0.25, -0.2) is 0 Å². The van der Waals surface area contributed by atoms with Crippen LogP contribution >= 0.6 is 0 Å². The summed E-state index contributed by atoms with van der Waals surface area (Å²) in [6.45, 7) is 4.09. The highest BCUT2D eigenvalue weighted by Gasteiger charge is 2.33. The molecule has 1 amide bonds. The molecule has 138 valence electrons. The quantitative estimate of drug-likeness (QED) is 0.774. The molecule has 0 heterocycles. The summed E-state index contributed by atoms with van der Waals surface area (Å²) in [6.07, 6.45) is 11.9. The van der Waals surface area contributed by atoms with Gasteiger partial charge >= 0.3 is 5.97 Å². The van der Waals surface area contributed by atoms with Crippen LogP contribution in [0.5, 0.6) is 0 Å². The summed E-state index contributed by atoms with van der Waals surface area (Å²) in [5.74, 6) is -0.720. The molecule has 0 unspecified atom stereocenters. The molecule has 5 nitrogen and oxygen atoms in total. The van der Waals surface area contributed by atoms with Gasteiger partial charge in [-0.1, -0.05) is 38.5 Å². The number of amides is 1. The maximum atomic E-state index is 13.1. The van der Waals surface area contributed by atoms with E-state index in [2.05, 4.69) is 4.90 Å². The highest BCUT2D eigenvalue weighted by molar-refractivity contribution is 5.80. The van der Waals surface area contributed by atoms with E-state index >= 15 is 0 Å². The molecule has 2 saturated carbocycles. The van der Waals surface area contributed by atoms with Crippen molar-refractivity contribution in [1.29, 1.82) is 0 Å². The van der Waals surface area contributed by atoms with Crippen molar-refractivity contribution in [2.75, 3.05) is 13.1 Å². The summed E-state index contributed by atoms with van der Waals surface area (Å²) in [5.41, 5.74) is 0. The van der Waals surface area contributed by atoms with Gasteiger partial charge in [0.25, 0.3) is 0 Å². The Bertz CT molecular complexity index is 395. The smallest absolute Gasteiger partial charge is 0.317 e. The summed E-state index contributed by atoms with van der Waals surface area (Å²) in [6, 6.07) is 0.797. The Kier molecular flexibility index (Phi) is 7.53. The van der Waals surface area contributed by atoms with E-state index in [-0.39, 0.29) is 25.0 Å². The van der Waals surface area contributed by atoms with E-state index in [4.69, 9.17) is 5.11 Å². The average Bonchev–Trinajstić information content (AvgIpc) is 2.56. The first-order valence-corrected chi connectivity index (χ1v) is 9.76. The van der Waals surface area contributed by atoms with Gasteiger partial charge in [0, 0.05) is 18.1 Å². The van der Waals surface area contributed by atoms with Gasteiger partial charge in [-0.3, -0.25) is 14.5 Å². The van der Waals surface area contributed by atoms with Crippen LogP contribution < -0.4 is 0 Å². The number of rotatable bonds is 7. The standard InChI is InChI=1S/C19H34N2O3/c1-15(2)20(14-19(23)24)13-18(22)21(16-9-5-3-6-10-16)17-11-7-4-8-12-17/h15-17H,3-14H2,1-2H3,(H,23,24). The molecule has 2 aliphatic carbocycles. The third-order valence-electron chi connectivity index (χ3n) is 5.63. The maximum Gasteiger partial charge on any atom is 0.317 e. The van der Waals surface area contributed by atoms with Gasteiger partial charge in [-0.15, -0.1) is 0 Å². The largest absolute Gasteiger partial charge is 0.480 e. The molecule has 2 fully saturated rings. The van der Waals surface area contributed by atoms with Crippen LogP contribution in [-0.4, -0.2) is 58.0 Å². The van der Waals surface area contributed by atoms with E-state index in [1.165, 1.54) is 38.5 Å². The fourth-order valence-corrected chi connectivity index (χ4v) is 4.27. The fraction of sp³-hybridized carbons (Fsp3) is 0.895. The van der Waals surface area contributed by atoms with Gasteiger partial charge in [0.1, 0.15) is 0 Å². The van der Waals surface area contributed by atoms with E-state index in [9.17, 15) is 9.59 Å². The normalized spacial score (nSPS) is 20.5. The number of hydrogen-bond donors (Lipinski definition) is 1. The van der Waals surface area contributed by atoms with Gasteiger partial charge in [0.05, 0.1) is 13.1 Å². The van der Waals surface area contributed by atoms with Crippen LogP contribution in [0.15, 0.2) is 0 Å². The number of hydrogen-bond acceptors (Lipinski definition) is 3. The van der Waals surface area contributed by atoms with Crippen molar-refractivity contribution in [3.8, 4) is 0 Å². The van der Waals surface area contributed by atoms with Crippen molar-refractivity contribution < 1.29 is 14.7 Å². The molecule has 0 bridgehead atoms. The number of carbonyl (C=O) groups is 2. The first-order valence-electron chi connectivity index (χ1n) is 9.76. The number of carbonyl (C=O) groups excluding carboxylic acids is 1. The molecule has 0 aliphatic heterocycles. The van der Waals surface area contributed by atoms with E-state index in [1.54, 1.807) is 4.90 Å². The lowest BCUT2D eigenvalue weighted by Gasteiger charge is -2.42. The van der Waals surface area contributed by atoms with Crippen molar-refractivity contribution in [1.82, 2.24) is 9.80 Å². The van der Waals surface area contributed by atoms with Gasteiger partial charge in [0.2, 0.25) is 5.91 Å². The molecule has 2 rings (SSSR count). The zero-order valence-electron chi connectivity index (χ0n) is 15.4. The summed E-state index contributed by atoms with van der Waals surface area (Å²) in [7, 11) is 0. The molecule has 0 atom stereocenters. The molecule has 1 N–H and O–H groups in total. The highest BCUT2D eigenvalue weighted by Crippen LogP contribution is 2.30. The first-order chi connectivity index (χ1) is 11.5. The average molecular weight is 338 g/mol. The summed E-state index contributed by atoms with van der Waals surface area (Å²) in [5, 5.41) is 9.12. The van der Waals surface area contributed by atoms with Crippen LogP contribution in [0, 0.1) is 0 Å². The Balaban J connectivity index is 2.08. The SMILES string of the molecule is CC(C)N(CC(=O)O)CC(=O)N(C1CCCCC1)C1CCCCC1. The van der Waals surface area contributed by atoms with E-state index < -0.39 is 5.97 Å². The minimum Gasteiger partial charge on any atom is -0.480 e. The topological polar surface area (TPSA) is 60.9 Å². The number of carboxylic acids is 1. The Morgan fingerprint density at radius 1 is 0.875 bits per heavy atom. The second kappa shape index (κ2) is 9.40. The van der Waals surface area contributed by atoms with Gasteiger partial charge < -0.3 is 10.0 Å². The molecular formula is C19H34N2O3. The van der Waals surface area contributed by atoms with Crippen LogP contribution in [0.1, 0.15) is 78.1 Å². The van der Waals surface area contributed by atoms with E-state index in [1.807, 2.05) is 13.8 Å².